The van der Waals surface area contributed by atoms with Crippen LogP contribution in [0, 0.1) is 25.2 Å². The van der Waals surface area contributed by atoms with Crippen LogP contribution in [0.2, 0.25) is 0 Å². The Labute approximate surface area is 193 Å². The summed E-state index contributed by atoms with van der Waals surface area (Å²) in [6.45, 7) is 4.80. The Morgan fingerprint density at radius 3 is 2.42 bits per heavy atom. The highest BCUT2D eigenvalue weighted by atomic mass is 15.0. The summed E-state index contributed by atoms with van der Waals surface area (Å²) in [6.07, 6.45) is 2.15. The van der Waals surface area contributed by atoms with Crippen molar-refractivity contribution >= 4 is 16.7 Å². The molecule has 4 heteroatoms. The van der Waals surface area contributed by atoms with Crippen LogP contribution in [0.4, 0.5) is 5.82 Å². The molecule has 0 unspecified atom stereocenters. The van der Waals surface area contributed by atoms with Crippen LogP contribution in [0.5, 0.6) is 0 Å². The Hall–Kier alpha value is -4.36. The average molecular weight is 429 g/mol. The number of pyridine rings is 1. The maximum atomic E-state index is 10.1. The van der Waals surface area contributed by atoms with Crippen molar-refractivity contribution in [3.8, 4) is 28.3 Å². The Kier molecular flexibility index (Phi) is 5.16. The van der Waals surface area contributed by atoms with E-state index in [4.69, 9.17) is 5.73 Å². The van der Waals surface area contributed by atoms with E-state index in [9.17, 15) is 5.26 Å². The summed E-state index contributed by atoms with van der Waals surface area (Å²) in [5, 5.41) is 11.2. The number of rotatable bonds is 4. The lowest BCUT2D eigenvalue weighted by Crippen LogP contribution is -2.03. The predicted octanol–water partition coefficient (Wildman–Crippen LogP) is 6.49. The second kappa shape index (κ2) is 8.29. The molecule has 0 bridgehead atoms. The Balaban J connectivity index is 1.81. The molecule has 0 atom stereocenters. The molecule has 0 aliphatic heterocycles. The minimum atomic E-state index is 0.264. The standard InChI is InChI=1S/C29H24N4/c1-19-9-8-10-21(15-19)17-33-18-25(23-13-6-7-14-26(23)33)28-24(16-30)29(31)32-20(2)27(28)22-11-4-3-5-12-22/h3-15,18H,17H2,1-2H3,(H2,31,32). The summed E-state index contributed by atoms with van der Waals surface area (Å²) in [7, 11) is 0. The summed E-state index contributed by atoms with van der Waals surface area (Å²) < 4.78 is 2.25. The molecule has 5 aromatic rings. The van der Waals surface area contributed by atoms with E-state index in [0.717, 1.165) is 45.4 Å². The first kappa shape index (κ1) is 20.5. The van der Waals surface area contributed by atoms with E-state index >= 15 is 0 Å². The molecule has 0 saturated heterocycles. The number of para-hydroxylation sites is 1. The summed E-state index contributed by atoms with van der Waals surface area (Å²) in [4.78, 5) is 4.52. The zero-order chi connectivity index (χ0) is 22.9. The number of nitrogens with zero attached hydrogens (tertiary/aromatic N) is 3. The molecule has 0 aliphatic rings. The SMILES string of the molecule is Cc1cccc(Cn2cc(-c3c(C#N)c(N)nc(C)c3-c3ccccc3)c3ccccc32)c1. The lowest BCUT2D eigenvalue weighted by Gasteiger charge is -2.15. The molecule has 0 fully saturated rings. The quantitative estimate of drug-likeness (QED) is 0.356. The van der Waals surface area contributed by atoms with Gasteiger partial charge in [-0.3, -0.25) is 0 Å². The number of aryl methyl sites for hydroxylation is 2. The molecule has 2 aromatic heterocycles. The summed E-state index contributed by atoms with van der Waals surface area (Å²) in [5.74, 6) is 0.264. The molecule has 3 aromatic carbocycles. The number of aromatic nitrogens is 2. The number of anilines is 1. The summed E-state index contributed by atoms with van der Waals surface area (Å²) in [6, 6.07) is 29.3. The van der Waals surface area contributed by atoms with Gasteiger partial charge in [-0.05, 0) is 31.0 Å². The number of nitrogen functional groups attached to an aromatic ring is 1. The molecule has 2 N–H and O–H groups in total. The first-order valence-electron chi connectivity index (χ1n) is 11.0. The smallest absolute Gasteiger partial charge is 0.142 e. The van der Waals surface area contributed by atoms with Gasteiger partial charge in [-0.2, -0.15) is 5.26 Å². The molecule has 33 heavy (non-hydrogen) atoms. The molecule has 0 aliphatic carbocycles. The van der Waals surface area contributed by atoms with E-state index < -0.39 is 0 Å². The molecular formula is C29H24N4. The molecule has 0 spiro atoms. The zero-order valence-corrected chi connectivity index (χ0v) is 18.7. The normalized spacial score (nSPS) is 10.9. The Morgan fingerprint density at radius 1 is 0.909 bits per heavy atom. The van der Waals surface area contributed by atoms with Gasteiger partial charge in [-0.1, -0.05) is 78.4 Å². The highest BCUT2D eigenvalue weighted by molar-refractivity contribution is 6.03. The fourth-order valence-corrected chi connectivity index (χ4v) is 4.65. The first-order chi connectivity index (χ1) is 16.1. The predicted molar refractivity (Wildman–Crippen MR) is 135 cm³/mol. The molecule has 0 radical (unpaired) electrons. The zero-order valence-electron chi connectivity index (χ0n) is 18.7. The third-order valence-corrected chi connectivity index (χ3v) is 6.07. The number of fused-ring (bicyclic) bond motifs is 1. The van der Waals surface area contributed by atoms with Crippen molar-refractivity contribution in [2.45, 2.75) is 20.4 Å². The second-order valence-corrected chi connectivity index (χ2v) is 8.36. The van der Waals surface area contributed by atoms with Crippen molar-refractivity contribution in [3.63, 3.8) is 0 Å². The molecular weight excluding hydrogens is 404 g/mol. The maximum Gasteiger partial charge on any atom is 0.142 e. The highest BCUT2D eigenvalue weighted by Gasteiger charge is 2.22. The number of nitriles is 1. The van der Waals surface area contributed by atoms with Gasteiger partial charge in [0.05, 0.1) is 0 Å². The fraction of sp³-hybridized carbons (Fsp3) is 0.103. The van der Waals surface area contributed by atoms with Gasteiger partial charge < -0.3 is 10.3 Å². The van der Waals surface area contributed by atoms with Crippen LogP contribution in [-0.2, 0) is 6.54 Å². The van der Waals surface area contributed by atoms with Crippen LogP contribution in [0.1, 0.15) is 22.4 Å². The van der Waals surface area contributed by atoms with Crippen LogP contribution in [0.15, 0.2) is 85.1 Å². The van der Waals surface area contributed by atoms with E-state index in [0.29, 0.717) is 5.56 Å². The number of nitrogens with two attached hydrogens (primary N) is 1. The fourth-order valence-electron chi connectivity index (χ4n) is 4.65. The molecule has 160 valence electrons. The average Bonchev–Trinajstić information content (AvgIpc) is 3.17. The summed E-state index contributed by atoms with van der Waals surface area (Å²) in [5.41, 5.74) is 14.9. The minimum Gasteiger partial charge on any atom is -0.383 e. The lowest BCUT2D eigenvalue weighted by molar-refractivity contribution is 0.836. The van der Waals surface area contributed by atoms with Crippen LogP contribution < -0.4 is 5.73 Å². The Bertz CT molecular complexity index is 1520. The van der Waals surface area contributed by atoms with Crippen molar-refractivity contribution in [2.24, 2.45) is 0 Å². The van der Waals surface area contributed by atoms with Crippen LogP contribution >= 0.6 is 0 Å². The second-order valence-electron chi connectivity index (χ2n) is 8.36. The molecule has 2 heterocycles. The highest BCUT2D eigenvalue weighted by Crippen LogP contribution is 2.42. The van der Waals surface area contributed by atoms with Crippen LogP contribution in [-0.4, -0.2) is 9.55 Å². The third kappa shape index (κ3) is 3.64. The maximum absolute atomic E-state index is 10.1. The van der Waals surface area contributed by atoms with Crippen molar-refractivity contribution in [1.82, 2.24) is 9.55 Å². The lowest BCUT2D eigenvalue weighted by atomic mass is 9.90. The van der Waals surface area contributed by atoms with Crippen molar-refractivity contribution < 1.29 is 0 Å². The molecule has 5 rings (SSSR count). The third-order valence-electron chi connectivity index (χ3n) is 6.07. The van der Waals surface area contributed by atoms with Gasteiger partial charge in [0.15, 0.2) is 0 Å². The monoisotopic (exact) mass is 428 g/mol. The van der Waals surface area contributed by atoms with Gasteiger partial charge in [0.25, 0.3) is 0 Å². The van der Waals surface area contributed by atoms with E-state index in [1.165, 1.54) is 11.1 Å². The number of hydrogen-bond donors (Lipinski definition) is 1. The molecule has 0 saturated carbocycles. The van der Waals surface area contributed by atoms with Gasteiger partial charge in [0.1, 0.15) is 17.5 Å². The van der Waals surface area contributed by atoms with Gasteiger partial charge >= 0.3 is 0 Å². The minimum absolute atomic E-state index is 0.264. The van der Waals surface area contributed by atoms with E-state index in [1.807, 2.05) is 37.3 Å². The van der Waals surface area contributed by atoms with E-state index in [2.05, 4.69) is 77.3 Å². The van der Waals surface area contributed by atoms with Gasteiger partial charge in [-0.15, -0.1) is 0 Å². The van der Waals surface area contributed by atoms with Crippen molar-refractivity contribution in [1.29, 1.82) is 5.26 Å². The molecule has 4 nitrogen and oxygen atoms in total. The van der Waals surface area contributed by atoms with Crippen molar-refractivity contribution in [3.05, 3.63) is 107 Å². The number of benzene rings is 3. The van der Waals surface area contributed by atoms with Crippen LogP contribution in [0.25, 0.3) is 33.2 Å². The largest absolute Gasteiger partial charge is 0.383 e. The van der Waals surface area contributed by atoms with Gasteiger partial charge in [0.2, 0.25) is 0 Å². The number of hydrogen-bond acceptors (Lipinski definition) is 3. The summed E-state index contributed by atoms with van der Waals surface area (Å²) >= 11 is 0. The van der Waals surface area contributed by atoms with Gasteiger partial charge in [0, 0.05) is 46.0 Å². The van der Waals surface area contributed by atoms with E-state index in [1.54, 1.807) is 0 Å². The topological polar surface area (TPSA) is 67.6 Å². The van der Waals surface area contributed by atoms with Crippen LogP contribution in [0.3, 0.4) is 0 Å². The van der Waals surface area contributed by atoms with Crippen molar-refractivity contribution in [2.75, 3.05) is 5.73 Å². The van der Waals surface area contributed by atoms with E-state index in [-0.39, 0.29) is 5.82 Å². The van der Waals surface area contributed by atoms with Gasteiger partial charge in [-0.25, -0.2) is 4.98 Å². The first-order valence-corrected chi connectivity index (χ1v) is 11.0. The Morgan fingerprint density at radius 2 is 1.67 bits per heavy atom. The molecule has 0 amide bonds.